The van der Waals surface area contributed by atoms with Gasteiger partial charge in [0.05, 0.1) is 5.52 Å². The number of benzene rings is 2. The van der Waals surface area contributed by atoms with Crippen LogP contribution >= 0.6 is 0 Å². The Balaban J connectivity index is 2.44. The minimum atomic E-state index is 0.167. The summed E-state index contributed by atoms with van der Waals surface area (Å²) < 4.78 is 0. The maximum atomic E-state index is 4.73. The van der Waals surface area contributed by atoms with Crippen molar-refractivity contribution in [2.75, 3.05) is 0 Å². The van der Waals surface area contributed by atoms with Crippen LogP contribution in [0.2, 0.25) is 0 Å². The molecule has 19 heavy (non-hydrogen) atoms. The molecule has 1 nitrogen and oxygen atoms in total. The minimum absolute atomic E-state index is 0.167. The molecule has 0 N–H and O–H groups in total. The topological polar surface area (TPSA) is 12.9 Å². The van der Waals surface area contributed by atoms with E-state index in [0.717, 1.165) is 11.2 Å². The zero-order valence-corrected chi connectivity index (χ0v) is 12.0. The molecular weight excluding hydrogens is 230 g/mol. The Morgan fingerprint density at radius 2 is 1.53 bits per heavy atom. The van der Waals surface area contributed by atoms with E-state index < -0.39 is 0 Å². The van der Waals surface area contributed by atoms with Gasteiger partial charge in [-0.3, -0.25) is 4.98 Å². The first kappa shape index (κ1) is 12.2. The number of hydrogen-bond acceptors (Lipinski definition) is 1. The lowest BCUT2D eigenvalue weighted by atomic mass is 9.86. The Kier molecular flexibility index (Phi) is 2.60. The molecule has 0 saturated heterocycles. The van der Waals surface area contributed by atoms with Gasteiger partial charge in [0.1, 0.15) is 0 Å². The summed E-state index contributed by atoms with van der Waals surface area (Å²) in [6, 6.07) is 15.2. The monoisotopic (exact) mass is 249 g/mol. The van der Waals surface area contributed by atoms with Crippen LogP contribution < -0.4 is 0 Å². The molecule has 0 aliphatic heterocycles. The summed E-state index contributed by atoms with van der Waals surface area (Å²) in [6.45, 7) is 8.83. The average molecular weight is 249 g/mol. The van der Waals surface area contributed by atoms with Crippen molar-refractivity contribution in [3.05, 3.63) is 53.7 Å². The van der Waals surface area contributed by atoms with Gasteiger partial charge in [-0.2, -0.15) is 0 Å². The van der Waals surface area contributed by atoms with E-state index in [4.69, 9.17) is 4.98 Å². The Morgan fingerprint density at radius 3 is 2.21 bits per heavy atom. The molecule has 0 radical (unpaired) electrons. The molecule has 96 valence electrons. The van der Waals surface area contributed by atoms with Crippen molar-refractivity contribution in [2.24, 2.45) is 0 Å². The second-order valence-electron chi connectivity index (χ2n) is 6.22. The summed E-state index contributed by atoms with van der Waals surface area (Å²) in [6.07, 6.45) is 0. The van der Waals surface area contributed by atoms with Crippen molar-refractivity contribution in [1.82, 2.24) is 4.98 Å². The van der Waals surface area contributed by atoms with E-state index in [1.807, 2.05) is 0 Å². The first-order valence-electron chi connectivity index (χ1n) is 6.76. The van der Waals surface area contributed by atoms with Crippen LogP contribution in [0.25, 0.3) is 21.7 Å². The van der Waals surface area contributed by atoms with Crippen LogP contribution in [-0.4, -0.2) is 4.98 Å². The molecule has 0 aliphatic rings. The molecular formula is C18H19N. The molecule has 1 aromatic heterocycles. The van der Waals surface area contributed by atoms with Crippen LogP contribution in [0.15, 0.2) is 42.5 Å². The van der Waals surface area contributed by atoms with Crippen LogP contribution in [0.4, 0.5) is 0 Å². The van der Waals surface area contributed by atoms with E-state index in [1.165, 1.54) is 21.7 Å². The molecule has 1 heteroatoms. The quantitative estimate of drug-likeness (QED) is 0.511. The molecule has 0 fully saturated rings. The van der Waals surface area contributed by atoms with Crippen molar-refractivity contribution in [2.45, 2.75) is 33.1 Å². The van der Waals surface area contributed by atoms with Gasteiger partial charge in [-0.05, 0) is 35.4 Å². The summed E-state index contributed by atoms with van der Waals surface area (Å²) in [5, 5.41) is 3.81. The second-order valence-corrected chi connectivity index (χ2v) is 6.22. The van der Waals surface area contributed by atoms with Gasteiger partial charge in [-0.25, -0.2) is 0 Å². The fourth-order valence-electron chi connectivity index (χ4n) is 2.59. The van der Waals surface area contributed by atoms with Gasteiger partial charge in [0.15, 0.2) is 0 Å². The van der Waals surface area contributed by atoms with Crippen LogP contribution in [0.5, 0.6) is 0 Å². The number of rotatable bonds is 0. The van der Waals surface area contributed by atoms with Gasteiger partial charge in [-0.1, -0.05) is 51.1 Å². The highest BCUT2D eigenvalue weighted by molar-refractivity contribution is 6.06. The molecule has 0 spiro atoms. The number of fused-ring (bicyclic) bond motifs is 3. The van der Waals surface area contributed by atoms with Gasteiger partial charge in [0.25, 0.3) is 0 Å². The van der Waals surface area contributed by atoms with E-state index in [2.05, 4.69) is 70.2 Å². The lowest BCUT2D eigenvalue weighted by molar-refractivity contribution is 0.591. The summed E-state index contributed by atoms with van der Waals surface area (Å²) in [5.74, 6) is 0. The smallest absolute Gasteiger partial charge is 0.0711 e. The lowest BCUT2D eigenvalue weighted by Crippen LogP contribution is -2.10. The fraction of sp³-hybridized carbons (Fsp3) is 0.278. The van der Waals surface area contributed by atoms with E-state index in [-0.39, 0.29) is 5.41 Å². The lowest BCUT2D eigenvalue weighted by Gasteiger charge is -2.20. The SMILES string of the molecule is Cc1nc2ccc(C(C)(C)C)cc2c2ccccc12. The molecule has 0 bridgehead atoms. The molecule has 3 aromatic rings. The maximum Gasteiger partial charge on any atom is 0.0711 e. The zero-order valence-electron chi connectivity index (χ0n) is 12.0. The zero-order chi connectivity index (χ0) is 13.6. The molecule has 1 heterocycles. The first-order valence-corrected chi connectivity index (χ1v) is 6.76. The highest BCUT2D eigenvalue weighted by Gasteiger charge is 2.15. The summed E-state index contributed by atoms with van der Waals surface area (Å²) >= 11 is 0. The van der Waals surface area contributed by atoms with Crippen LogP contribution in [0, 0.1) is 6.92 Å². The molecule has 0 unspecified atom stereocenters. The molecule has 3 rings (SSSR count). The number of pyridine rings is 1. The van der Waals surface area contributed by atoms with Crippen molar-refractivity contribution >= 4 is 21.7 Å². The van der Waals surface area contributed by atoms with Gasteiger partial charge < -0.3 is 0 Å². The highest BCUT2D eigenvalue weighted by atomic mass is 14.7. The number of nitrogens with zero attached hydrogens (tertiary/aromatic N) is 1. The van der Waals surface area contributed by atoms with Crippen molar-refractivity contribution < 1.29 is 0 Å². The minimum Gasteiger partial charge on any atom is -0.252 e. The third-order valence-electron chi connectivity index (χ3n) is 3.76. The Morgan fingerprint density at radius 1 is 0.842 bits per heavy atom. The molecule has 0 aliphatic carbocycles. The van der Waals surface area contributed by atoms with Crippen LogP contribution in [0.1, 0.15) is 32.0 Å². The van der Waals surface area contributed by atoms with E-state index in [1.54, 1.807) is 0 Å². The second kappa shape index (κ2) is 4.06. The molecule has 0 saturated carbocycles. The van der Waals surface area contributed by atoms with E-state index in [9.17, 15) is 0 Å². The van der Waals surface area contributed by atoms with Crippen LogP contribution in [0.3, 0.4) is 0 Å². The third-order valence-corrected chi connectivity index (χ3v) is 3.76. The van der Waals surface area contributed by atoms with Gasteiger partial charge >= 0.3 is 0 Å². The normalized spacial score (nSPS) is 12.2. The average Bonchev–Trinajstić information content (AvgIpc) is 2.37. The Bertz CT molecular complexity index is 764. The largest absolute Gasteiger partial charge is 0.252 e. The van der Waals surface area contributed by atoms with Crippen molar-refractivity contribution in [3.8, 4) is 0 Å². The predicted octanol–water partition coefficient (Wildman–Crippen LogP) is 4.99. The molecule has 0 amide bonds. The highest BCUT2D eigenvalue weighted by Crippen LogP contribution is 2.30. The first-order chi connectivity index (χ1) is 8.97. The summed E-state index contributed by atoms with van der Waals surface area (Å²) in [4.78, 5) is 4.73. The molecule has 2 aromatic carbocycles. The predicted molar refractivity (Wildman–Crippen MR) is 82.7 cm³/mol. The van der Waals surface area contributed by atoms with E-state index in [0.29, 0.717) is 0 Å². The van der Waals surface area contributed by atoms with Crippen molar-refractivity contribution in [3.63, 3.8) is 0 Å². The van der Waals surface area contributed by atoms with Gasteiger partial charge in [-0.15, -0.1) is 0 Å². The Hall–Kier alpha value is -1.89. The van der Waals surface area contributed by atoms with Crippen molar-refractivity contribution in [1.29, 1.82) is 0 Å². The summed E-state index contributed by atoms with van der Waals surface area (Å²) in [5.41, 5.74) is 3.71. The van der Waals surface area contributed by atoms with Gasteiger partial charge in [0, 0.05) is 16.5 Å². The fourth-order valence-corrected chi connectivity index (χ4v) is 2.59. The number of aryl methyl sites for hydroxylation is 1. The Labute approximate surface area is 114 Å². The maximum absolute atomic E-state index is 4.73. The van der Waals surface area contributed by atoms with Crippen LogP contribution in [-0.2, 0) is 5.41 Å². The standard InChI is InChI=1S/C18H19N/c1-12-14-7-5-6-8-15(14)16-11-13(18(2,3)4)9-10-17(16)19-12/h5-11H,1-4H3. The number of hydrogen-bond donors (Lipinski definition) is 0. The van der Waals surface area contributed by atoms with E-state index >= 15 is 0 Å². The third kappa shape index (κ3) is 1.99. The summed E-state index contributed by atoms with van der Waals surface area (Å²) in [7, 11) is 0. The molecule has 0 atom stereocenters. The van der Waals surface area contributed by atoms with Gasteiger partial charge in [0.2, 0.25) is 0 Å². The number of aromatic nitrogens is 1.